The molecule has 1 aliphatic rings. The first-order chi connectivity index (χ1) is 8.00. The summed E-state index contributed by atoms with van der Waals surface area (Å²) in [5, 5.41) is 0. The van der Waals surface area contributed by atoms with Crippen molar-refractivity contribution < 1.29 is 8.78 Å². The van der Waals surface area contributed by atoms with Crippen LogP contribution in [0.2, 0.25) is 0 Å². The van der Waals surface area contributed by atoms with E-state index >= 15 is 0 Å². The Balaban J connectivity index is 2.37. The van der Waals surface area contributed by atoms with Gasteiger partial charge < -0.3 is 10.6 Å². The van der Waals surface area contributed by atoms with Crippen LogP contribution in [0.1, 0.15) is 24.8 Å². The first kappa shape index (κ1) is 12.2. The maximum Gasteiger partial charge on any atom is 0.150 e. The zero-order chi connectivity index (χ0) is 12.6. The van der Waals surface area contributed by atoms with Gasteiger partial charge in [0, 0.05) is 18.7 Å². The van der Waals surface area contributed by atoms with E-state index in [9.17, 15) is 8.78 Å². The number of halogens is 2. The Labute approximate surface area is 104 Å². The maximum atomic E-state index is 13.8. The van der Waals surface area contributed by atoms with Crippen LogP contribution in [0.3, 0.4) is 0 Å². The van der Waals surface area contributed by atoms with Crippen LogP contribution in [-0.4, -0.2) is 18.1 Å². The molecule has 2 N–H and O–H groups in total. The molecule has 0 aromatic heterocycles. The fourth-order valence-electron chi connectivity index (χ4n) is 2.00. The van der Waals surface area contributed by atoms with Crippen molar-refractivity contribution in [2.24, 2.45) is 5.73 Å². The molecule has 0 aliphatic heterocycles. The summed E-state index contributed by atoms with van der Waals surface area (Å²) < 4.78 is 27.7. The van der Waals surface area contributed by atoms with Crippen molar-refractivity contribution in [2.75, 3.05) is 11.9 Å². The van der Waals surface area contributed by atoms with Crippen LogP contribution in [-0.2, 0) is 0 Å². The molecular weight excluding hydrogens is 242 g/mol. The van der Waals surface area contributed by atoms with Gasteiger partial charge >= 0.3 is 0 Å². The summed E-state index contributed by atoms with van der Waals surface area (Å²) in [5.41, 5.74) is 5.59. The third-order valence-electron chi connectivity index (χ3n) is 3.28. The quantitative estimate of drug-likeness (QED) is 0.843. The highest BCUT2D eigenvalue weighted by Crippen LogP contribution is 2.32. The lowest BCUT2D eigenvalue weighted by Gasteiger charge is -2.36. The van der Waals surface area contributed by atoms with E-state index in [-0.39, 0.29) is 22.3 Å². The Morgan fingerprint density at radius 1 is 1.35 bits per heavy atom. The van der Waals surface area contributed by atoms with Crippen molar-refractivity contribution in [1.82, 2.24) is 0 Å². The summed E-state index contributed by atoms with van der Waals surface area (Å²) in [4.78, 5) is 1.66. The van der Waals surface area contributed by atoms with Gasteiger partial charge in [-0.3, -0.25) is 0 Å². The van der Waals surface area contributed by atoms with Gasteiger partial charge in [0.25, 0.3) is 0 Å². The van der Waals surface area contributed by atoms with Crippen LogP contribution in [0.25, 0.3) is 0 Å². The third kappa shape index (κ3) is 2.24. The zero-order valence-corrected chi connectivity index (χ0v) is 10.4. The van der Waals surface area contributed by atoms with Gasteiger partial charge in [0.05, 0.1) is 0 Å². The molecule has 0 radical (unpaired) electrons. The molecule has 0 amide bonds. The van der Waals surface area contributed by atoms with Crippen LogP contribution in [0, 0.1) is 11.6 Å². The molecule has 1 aromatic carbocycles. The Kier molecular flexibility index (Phi) is 3.28. The number of thiocarbonyl (C=S) groups is 1. The van der Waals surface area contributed by atoms with Crippen LogP contribution in [0.5, 0.6) is 0 Å². The second-order valence-electron chi connectivity index (χ2n) is 4.35. The first-order valence-electron chi connectivity index (χ1n) is 5.52. The van der Waals surface area contributed by atoms with Gasteiger partial charge in [0.1, 0.15) is 22.3 Å². The van der Waals surface area contributed by atoms with Gasteiger partial charge in [-0.2, -0.15) is 0 Å². The van der Waals surface area contributed by atoms with Gasteiger partial charge in [-0.15, -0.1) is 0 Å². The van der Waals surface area contributed by atoms with E-state index in [0.717, 1.165) is 19.3 Å². The van der Waals surface area contributed by atoms with Crippen LogP contribution < -0.4 is 10.6 Å². The van der Waals surface area contributed by atoms with E-state index < -0.39 is 11.6 Å². The Morgan fingerprint density at radius 3 is 2.24 bits per heavy atom. The van der Waals surface area contributed by atoms with Crippen LogP contribution >= 0.6 is 12.2 Å². The molecule has 0 heterocycles. The second-order valence-corrected chi connectivity index (χ2v) is 4.79. The van der Waals surface area contributed by atoms with E-state index in [2.05, 4.69) is 0 Å². The number of hydrogen-bond donors (Lipinski definition) is 1. The fourth-order valence-corrected chi connectivity index (χ4v) is 2.12. The summed E-state index contributed by atoms with van der Waals surface area (Å²) in [6.45, 7) is 0. The second kappa shape index (κ2) is 4.56. The normalized spacial score (nSPS) is 15.5. The highest BCUT2D eigenvalue weighted by molar-refractivity contribution is 7.80. The summed E-state index contributed by atoms with van der Waals surface area (Å²) in [6.07, 6.45) is 3.07. The monoisotopic (exact) mass is 256 g/mol. The fraction of sp³-hybridized carbons (Fsp3) is 0.417. The molecule has 17 heavy (non-hydrogen) atoms. The van der Waals surface area contributed by atoms with Gasteiger partial charge in [-0.05, 0) is 31.4 Å². The lowest BCUT2D eigenvalue weighted by molar-refractivity contribution is 0.393. The highest BCUT2D eigenvalue weighted by atomic mass is 32.1. The highest BCUT2D eigenvalue weighted by Gasteiger charge is 2.26. The van der Waals surface area contributed by atoms with Crippen molar-refractivity contribution in [3.63, 3.8) is 0 Å². The maximum absolute atomic E-state index is 13.8. The minimum Gasteiger partial charge on any atom is -0.389 e. The molecule has 1 aliphatic carbocycles. The van der Waals surface area contributed by atoms with E-state index in [4.69, 9.17) is 18.0 Å². The molecular formula is C12H14F2N2S. The largest absolute Gasteiger partial charge is 0.389 e. The van der Waals surface area contributed by atoms with E-state index in [0.29, 0.717) is 0 Å². The number of hydrogen-bond acceptors (Lipinski definition) is 2. The zero-order valence-electron chi connectivity index (χ0n) is 9.54. The molecule has 1 fully saturated rings. The molecule has 1 saturated carbocycles. The van der Waals surface area contributed by atoms with Gasteiger partial charge in [-0.1, -0.05) is 12.2 Å². The molecule has 5 heteroatoms. The van der Waals surface area contributed by atoms with Gasteiger partial charge in [-0.25, -0.2) is 8.78 Å². The third-order valence-corrected chi connectivity index (χ3v) is 3.51. The number of rotatable bonds is 3. The smallest absolute Gasteiger partial charge is 0.150 e. The predicted molar refractivity (Wildman–Crippen MR) is 68.3 cm³/mol. The number of nitrogens with zero attached hydrogens (tertiary/aromatic N) is 1. The van der Waals surface area contributed by atoms with E-state index in [1.54, 1.807) is 11.9 Å². The minimum absolute atomic E-state index is 0.000599. The standard InChI is InChI=1S/C12H14F2N2S/c1-16(8-3-2-4-8)11-9(13)5-7(12(15)17)6-10(11)14/h5-6,8H,2-4H2,1H3,(H2,15,17). The van der Waals surface area contributed by atoms with Crippen molar-refractivity contribution >= 4 is 22.9 Å². The molecule has 0 saturated heterocycles. The Morgan fingerprint density at radius 2 is 1.88 bits per heavy atom. The van der Waals surface area contributed by atoms with E-state index in [1.807, 2.05) is 0 Å². The lowest BCUT2D eigenvalue weighted by Crippen LogP contribution is -2.38. The number of nitrogens with two attached hydrogens (primary N) is 1. The van der Waals surface area contributed by atoms with Crippen LogP contribution in [0.15, 0.2) is 12.1 Å². The van der Waals surface area contributed by atoms with Crippen molar-refractivity contribution in [2.45, 2.75) is 25.3 Å². The minimum atomic E-state index is -0.609. The van der Waals surface area contributed by atoms with Crippen molar-refractivity contribution in [3.8, 4) is 0 Å². The Hall–Kier alpha value is -1.23. The molecule has 0 spiro atoms. The van der Waals surface area contributed by atoms with Gasteiger partial charge in [0.15, 0.2) is 0 Å². The summed E-state index contributed by atoms with van der Waals surface area (Å²) >= 11 is 4.71. The molecule has 1 aromatic rings. The topological polar surface area (TPSA) is 29.3 Å². The molecule has 0 atom stereocenters. The number of anilines is 1. The Bertz CT molecular complexity index is 435. The van der Waals surface area contributed by atoms with Crippen molar-refractivity contribution in [1.29, 1.82) is 0 Å². The molecule has 2 nitrogen and oxygen atoms in total. The molecule has 2 rings (SSSR count). The van der Waals surface area contributed by atoms with Crippen molar-refractivity contribution in [3.05, 3.63) is 29.3 Å². The average molecular weight is 256 g/mol. The summed E-state index contributed by atoms with van der Waals surface area (Å²) in [5.74, 6) is -1.22. The molecule has 92 valence electrons. The summed E-state index contributed by atoms with van der Waals surface area (Å²) in [6, 6.07) is 2.61. The lowest BCUT2D eigenvalue weighted by atomic mass is 9.91. The number of benzene rings is 1. The van der Waals surface area contributed by atoms with E-state index in [1.165, 1.54) is 12.1 Å². The predicted octanol–water partition coefficient (Wildman–Crippen LogP) is 2.59. The SMILES string of the molecule is CN(c1c(F)cc(C(N)=S)cc1F)C1CCC1. The first-order valence-corrected chi connectivity index (χ1v) is 5.93. The van der Waals surface area contributed by atoms with Crippen LogP contribution in [0.4, 0.5) is 14.5 Å². The molecule has 0 unspecified atom stereocenters. The average Bonchev–Trinajstić information content (AvgIpc) is 2.13. The van der Waals surface area contributed by atoms with Gasteiger partial charge in [0.2, 0.25) is 0 Å². The summed E-state index contributed by atoms with van der Waals surface area (Å²) in [7, 11) is 1.71. The molecule has 0 bridgehead atoms.